The van der Waals surface area contributed by atoms with Crippen molar-refractivity contribution >= 4 is 11.8 Å². The van der Waals surface area contributed by atoms with Gasteiger partial charge in [-0.25, -0.2) is 0 Å². The molecule has 0 bridgehead atoms. The summed E-state index contributed by atoms with van der Waals surface area (Å²) in [6.07, 6.45) is 0.955. The number of hydrogen-bond acceptors (Lipinski definition) is 3. The molecule has 0 spiro atoms. The van der Waals surface area contributed by atoms with Gasteiger partial charge in [-0.1, -0.05) is 44.2 Å². The molecule has 2 amide bonds. The molecule has 1 saturated heterocycles. The van der Waals surface area contributed by atoms with Gasteiger partial charge in [-0.3, -0.25) is 9.59 Å². The molecule has 5 heteroatoms. The van der Waals surface area contributed by atoms with Gasteiger partial charge in [0.2, 0.25) is 11.8 Å². The zero-order chi connectivity index (χ0) is 17.0. The maximum Gasteiger partial charge on any atom is 0.242 e. The molecule has 0 aliphatic carbocycles. The summed E-state index contributed by atoms with van der Waals surface area (Å²) in [4.78, 5) is 26.1. The van der Waals surface area contributed by atoms with Gasteiger partial charge in [-0.2, -0.15) is 0 Å². The molecule has 5 nitrogen and oxygen atoms in total. The van der Waals surface area contributed by atoms with E-state index in [0.29, 0.717) is 5.92 Å². The normalized spacial score (nSPS) is 22.2. The minimum Gasteiger partial charge on any atom is -0.346 e. The summed E-state index contributed by atoms with van der Waals surface area (Å²) < 4.78 is 0. The fourth-order valence-electron chi connectivity index (χ4n) is 3.12. The molecule has 1 fully saturated rings. The quantitative estimate of drug-likeness (QED) is 0.864. The first-order valence-corrected chi connectivity index (χ1v) is 8.29. The van der Waals surface area contributed by atoms with Crippen LogP contribution in [0.15, 0.2) is 30.3 Å². The van der Waals surface area contributed by atoms with Gasteiger partial charge in [-0.15, -0.1) is 0 Å². The lowest BCUT2D eigenvalue weighted by Crippen LogP contribution is -2.48. The minimum absolute atomic E-state index is 0.0190. The second-order valence-corrected chi connectivity index (χ2v) is 6.62. The summed E-state index contributed by atoms with van der Waals surface area (Å²) in [5.41, 5.74) is 7.05. The third-order valence-electron chi connectivity index (χ3n) is 4.74. The number of carbonyl (C=O) groups excluding carboxylic acids is 2. The molecule has 1 aromatic carbocycles. The van der Waals surface area contributed by atoms with Gasteiger partial charge in [0.05, 0.1) is 12.6 Å². The first-order chi connectivity index (χ1) is 10.9. The Morgan fingerprint density at radius 1 is 1.30 bits per heavy atom. The highest BCUT2D eigenvalue weighted by molar-refractivity contribution is 5.87. The van der Waals surface area contributed by atoms with Gasteiger partial charge >= 0.3 is 0 Å². The lowest BCUT2D eigenvalue weighted by Gasteiger charge is -2.25. The van der Waals surface area contributed by atoms with Crippen LogP contribution in [0.4, 0.5) is 0 Å². The van der Waals surface area contributed by atoms with E-state index in [2.05, 4.69) is 24.4 Å². The van der Waals surface area contributed by atoms with Crippen molar-refractivity contribution in [2.45, 2.75) is 45.2 Å². The number of nitrogens with one attached hydrogen (secondary N) is 1. The van der Waals surface area contributed by atoms with E-state index in [1.807, 2.05) is 36.9 Å². The lowest BCUT2D eigenvalue weighted by atomic mass is 9.93. The zero-order valence-electron chi connectivity index (χ0n) is 14.2. The fourth-order valence-corrected chi connectivity index (χ4v) is 3.12. The smallest absolute Gasteiger partial charge is 0.242 e. The van der Waals surface area contributed by atoms with Crippen molar-refractivity contribution in [2.75, 3.05) is 13.1 Å². The first-order valence-electron chi connectivity index (χ1n) is 8.29. The number of hydrogen-bond donors (Lipinski definition) is 2. The summed E-state index contributed by atoms with van der Waals surface area (Å²) in [5.74, 6) is 0.104. The van der Waals surface area contributed by atoms with Crippen molar-refractivity contribution in [1.29, 1.82) is 0 Å². The molecule has 126 valence electrons. The average Bonchev–Trinajstić information content (AvgIpc) is 2.93. The Hall–Kier alpha value is -1.88. The highest BCUT2D eigenvalue weighted by Crippen LogP contribution is 2.32. The molecular formula is C18H27N3O2. The third kappa shape index (κ3) is 4.10. The second kappa shape index (κ2) is 7.59. The number of benzene rings is 1. The highest BCUT2D eigenvalue weighted by Gasteiger charge is 2.34. The maximum absolute atomic E-state index is 12.4. The van der Waals surface area contributed by atoms with E-state index in [9.17, 15) is 9.59 Å². The van der Waals surface area contributed by atoms with Crippen molar-refractivity contribution in [3.63, 3.8) is 0 Å². The predicted molar refractivity (Wildman–Crippen MR) is 90.8 cm³/mol. The molecule has 1 aliphatic heterocycles. The summed E-state index contributed by atoms with van der Waals surface area (Å²) in [6, 6.07) is 9.84. The van der Waals surface area contributed by atoms with Crippen LogP contribution in [0.1, 0.15) is 38.7 Å². The Labute approximate surface area is 138 Å². The second-order valence-electron chi connectivity index (χ2n) is 6.62. The molecule has 1 aliphatic rings. The van der Waals surface area contributed by atoms with E-state index < -0.39 is 6.04 Å². The SMILES string of the molecule is CC(C)[C@H](N)C(=O)NCC(=O)N1CCC(c2ccccc2)C1C. The molecule has 0 aromatic heterocycles. The zero-order valence-corrected chi connectivity index (χ0v) is 14.2. The van der Waals surface area contributed by atoms with Gasteiger partial charge in [0.15, 0.2) is 0 Å². The predicted octanol–water partition coefficient (Wildman–Crippen LogP) is 1.49. The number of nitrogens with two attached hydrogens (primary N) is 1. The van der Waals surface area contributed by atoms with E-state index in [-0.39, 0.29) is 30.3 Å². The Balaban J connectivity index is 1.90. The Morgan fingerprint density at radius 3 is 2.57 bits per heavy atom. The van der Waals surface area contributed by atoms with Crippen LogP contribution in [0, 0.1) is 5.92 Å². The summed E-state index contributed by atoms with van der Waals surface area (Å²) in [7, 11) is 0. The highest BCUT2D eigenvalue weighted by atomic mass is 16.2. The van der Waals surface area contributed by atoms with Gasteiger partial charge in [0, 0.05) is 18.5 Å². The average molecular weight is 317 g/mol. The monoisotopic (exact) mass is 317 g/mol. The van der Waals surface area contributed by atoms with E-state index in [1.54, 1.807) is 0 Å². The van der Waals surface area contributed by atoms with Gasteiger partial charge in [0.25, 0.3) is 0 Å². The molecule has 2 rings (SSSR count). The topological polar surface area (TPSA) is 75.4 Å². The molecule has 0 saturated carbocycles. The van der Waals surface area contributed by atoms with Crippen molar-refractivity contribution in [1.82, 2.24) is 10.2 Å². The van der Waals surface area contributed by atoms with Crippen molar-refractivity contribution in [3.8, 4) is 0 Å². The molecule has 2 unspecified atom stereocenters. The van der Waals surface area contributed by atoms with E-state index in [4.69, 9.17) is 5.73 Å². The summed E-state index contributed by atoms with van der Waals surface area (Å²) in [5, 5.41) is 2.66. The van der Waals surface area contributed by atoms with Crippen LogP contribution in [0.2, 0.25) is 0 Å². The van der Waals surface area contributed by atoms with E-state index in [1.165, 1.54) is 5.56 Å². The largest absolute Gasteiger partial charge is 0.346 e. The summed E-state index contributed by atoms with van der Waals surface area (Å²) in [6.45, 7) is 6.60. The van der Waals surface area contributed by atoms with Gasteiger partial charge in [-0.05, 0) is 24.8 Å². The van der Waals surface area contributed by atoms with Gasteiger partial charge < -0.3 is 16.0 Å². The fraction of sp³-hybridized carbons (Fsp3) is 0.556. The van der Waals surface area contributed by atoms with Crippen molar-refractivity contribution in [2.24, 2.45) is 11.7 Å². The standard InChI is InChI=1S/C18H27N3O2/c1-12(2)17(19)18(23)20-11-16(22)21-10-9-15(13(21)3)14-7-5-4-6-8-14/h4-8,12-13,15,17H,9-11,19H2,1-3H3,(H,20,23)/t13?,15?,17-/m0/s1. The van der Waals surface area contributed by atoms with Crippen LogP contribution in [0.3, 0.4) is 0 Å². The number of carbonyl (C=O) groups is 2. The number of rotatable bonds is 5. The first kappa shape index (κ1) is 17.5. The Morgan fingerprint density at radius 2 is 1.96 bits per heavy atom. The molecule has 1 heterocycles. The van der Waals surface area contributed by atoms with Crippen LogP contribution >= 0.6 is 0 Å². The van der Waals surface area contributed by atoms with Crippen LogP contribution in [0.25, 0.3) is 0 Å². The minimum atomic E-state index is -0.573. The van der Waals surface area contributed by atoms with Crippen LogP contribution in [-0.2, 0) is 9.59 Å². The molecule has 1 aromatic rings. The lowest BCUT2D eigenvalue weighted by molar-refractivity contribution is -0.133. The summed E-state index contributed by atoms with van der Waals surface area (Å²) >= 11 is 0. The Kier molecular flexibility index (Phi) is 5.77. The van der Waals surface area contributed by atoms with Gasteiger partial charge in [0.1, 0.15) is 0 Å². The van der Waals surface area contributed by atoms with E-state index in [0.717, 1.165) is 13.0 Å². The Bertz CT molecular complexity index is 544. The molecule has 3 N–H and O–H groups in total. The maximum atomic E-state index is 12.4. The number of amides is 2. The van der Waals surface area contributed by atoms with Crippen molar-refractivity contribution in [3.05, 3.63) is 35.9 Å². The molecule has 3 atom stereocenters. The molecular weight excluding hydrogens is 290 g/mol. The number of likely N-dealkylation sites (tertiary alicyclic amines) is 1. The third-order valence-corrected chi connectivity index (χ3v) is 4.74. The van der Waals surface area contributed by atoms with Crippen LogP contribution in [0.5, 0.6) is 0 Å². The number of nitrogens with zero attached hydrogens (tertiary/aromatic N) is 1. The van der Waals surface area contributed by atoms with Crippen molar-refractivity contribution < 1.29 is 9.59 Å². The molecule has 0 radical (unpaired) electrons. The van der Waals surface area contributed by atoms with Crippen LogP contribution in [-0.4, -0.2) is 41.9 Å². The van der Waals surface area contributed by atoms with Crippen LogP contribution < -0.4 is 11.1 Å². The molecule has 23 heavy (non-hydrogen) atoms. The van der Waals surface area contributed by atoms with E-state index >= 15 is 0 Å².